The molecular formula is C14H22N4OS. The minimum Gasteiger partial charge on any atom is -0.385 e. The van der Waals surface area contributed by atoms with Gasteiger partial charge in [-0.15, -0.1) is 0 Å². The maximum absolute atomic E-state index is 5.52. The van der Waals surface area contributed by atoms with E-state index in [-0.39, 0.29) is 0 Å². The number of hydrogen-bond acceptors (Lipinski definition) is 3. The zero-order valence-electron chi connectivity index (χ0n) is 12.4. The number of imidazole rings is 1. The fraction of sp³-hybridized carbons (Fsp3) is 0.714. The Hall–Kier alpha value is -1.14. The molecule has 6 heteroatoms. The molecule has 1 N–H and O–H groups in total. The molecule has 0 bridgehead atoms. The zero-order chi connectivity index (χ0) is 14.3. The van der Waals surface area contributed by atoms with Gasteiger partial charge in [0.25, 0.3) is 0 Å². The SMILES string of the molecule is CCc1nn(C)c2c1[nH]c(=S)n2CC1(CCOC)CC1. The Balaban J connectivity index is 1.97. The molecule has 0 aromatic carbocycles. The molecule has 0 unspecified atom stereocenters. The van der Waals surface area contributed by atoms with Crippen LogP contribution in [0.3, 0.4) is 0 Å². The van der Waals surface area contributed by atoms with E-state index < -0.39 is 0 Å². The molecule has 0 atom stereocenters. The number of aromatic amines is 1. The third kappa shape index (κ3) is 2.20. The molecule has 0 amide bonds. The lowest BCUT2D eigenvalue weighted by Gasteiger charge is -2.15. The minimum atomic E-state index is 0.375. The lowest BCUT2D eigenvalue weighted by molar-refractivity contribution is 0.167. The smallest absolute Gasteiger partial charge is 0.179 e. The van der Waals surface area contributed by atoms with E-state index in [1.807, 2.05) is 11.7 Å². The van der Waals surface area contributed by atoms with Crippen LogP contribution < -0.4 is 0 Å². The normalized spacial score (nSPS) is 16.9. The second-order valence-corrected chi connectivity index (χ2v) is 6.27. The molecule has 1 fully saturated rings. The predicted molar refractivity (Wildman–Crippen MR) is 81.4 cm³/mol. The number of nitrogens with zero attached hydrogens (tertiary/aromatic N) is 3. The summed E-state index contributed by atoms with van der Waals surface area (Å²) in [5, 5.41) is 4.58. The van der Waals surface area contributed by atoms with Gasteiger partial charge in [0.15, 0.2) is 10.4 Å². The summed E-state index contributed by atoms with van der Waals surface area (Å²) in [6.45, 7) is 3.92. The van der Waals surface area contributed by atoms with E-state index in [9.17, 15) is 0 Å². The van der Waals surface area contributed by atoms with Gasteiger partial charge in [-0.05, 0) is 43.3 Å². The van der Waals surface area contributed by atoms with Crippen LogP contribution in [0.2, 0.25) is 0 Å². The van der Waals surface area contributed by atoms with E-state index in [1.54, 1.807) is 7.11 Å². The van der Waals surface area contributed by atoms with Gasteiger partial charge in [-0.1, -0.05) is 6.92 Å². The van der Waals surface area contributed by atoms with Crippen molar-refractivity contribution < 1.29 is 4.74 Å². The quantitative estimate of drug-likeness (QED) is 0.833. The number of aromatic nitrogens is 4. The summed E-state index contributed by atoms with van der Waals surface area (Å²) >= 11 is 5.52. The van der Waals surface area contributed by atoms with Crippen molar-refractivity contribution in [1.29, 1.82) is 0 Å². The number of fused-ring (bicyclic) bond motifs is 1. The summed E-state index contributed by atoms with van der Waals surface area (Å²) in [5.41, 5.74) is 3.69. The highest BCUT2D eigenvalue weighted by molar-refractivity contribution is 7.71. The van der Waals surface area contributed by atoms with Crippen LogP contribution in [0.5, 0.6) is 0 Å². The van der Waals surface area contributed by atoms with E-state index >= 15 is 0 Å². The molecule has 0 spiro atoms. The first-order valence-electron chi connectivity index (χ1n) is 7.23. The Bertz CT molecular complexity index is 677. The molecule has 0 radical (unpaired) electrons. The number of methoxy groups -OCH3 is 1. The standard InChI is InChI=1S/C14H22N4OS/c1-4-10-11-12(17(2)16-10)18(13(20)15-11)9-14(5-6-14)7-8-19-3/h4-9H2,1-3H3,(H,15,20). The molecule has 110 valence electrons. The van der Waals surface area contributed by atoms with Crippen molar-refractivity contribution in [2.75, 3.05) is 13.7 Å². The Morgan fingerprint density at radius 3 is 2.80 bits per heavy atom. The predicted octanol–water partition coefficient (Wildman–Crippen LogP) is 2.81. The maximum atomic E-state index is 5.52. The minimum absolute atomic E-state index is 0.375. The molecular weight excluding hydrogens is 272 g/mol. The maximum Gasteiger partial charge on any atom is 0.179 e. The first kappa shape index (κ1) is 13.8. The molecule has 1 aliphatic carbocycles. The van der Waals surface area contributed by atoms with Crippen molar-refractivity contribution >= 4 is 23.4 Å². The highest BCUT2D eigenvalue weighted by atomic mass is 32.1. The van der Waals surface area contributed by atoms with E-state index in [0.29, 0.717) is 5.41 Å². The van der Waals surface area contributed by atoms with Crippen LogP contribution in [0.15, 0.2) is 0 Å². The van der Waals surface area contributed by atoms with Gasteiger partial charge in [0.1, 0.15) is 5.52 Å². The summed E-state index contributed by atoms with van der Waals surface area (Å²) in [6.07, 6.45) is 4.56. The summed E-state index contributed by atoms with van der Waals surface area (Å²) in [6, 6.07) is 0. The van der Waals surface area contributed by atoms with Crippen LogP contribution in [0, 0.1) is 10.2 Å². The highest BCUT2D eigenvalue weighted by Gasteiger charge is 2.43. The van der Waals surface area contributed by atoms with Crippen molar-refractivity contribution in [2.45, 2.75) is 39.2 Å². The second-order valence-electron chi connectivity index (χ2n) is 5.88. The fourth-order valence-electron chi connectivity index (χ4n) is 2.99. The van der Waals surface area contributed by atoms with Crippen LogP contribution in [-0.2, 0) is 24.8 Å². The zero-order valence-corrected chi connectivity index (χ0v) is 13.2. The molecule has 2 aromatic rings. The molecule has 20 heavy (non-hydrogen) atoms. The van der Waals surface area contributed by atoms with Gasteiger partial charge in [0.2, 0.25) is 0 Å². The molecule has 3 rings (SSSR count). The van der Waals surface area contributed by atoms with Crippen LogP contribution >= 0.6 is 12.2 Å². The number of rotatable bonds is 6. The number of hydrogen-bond donors (Lipinski definition) is 1. The van der Waals surface area contributed by atoms with Crippen LogP contribution in [0.4, 0.5) is 0 Å². The Morgan fingerprint density at radius 1 is 1.45 bits per heavy atom. The number of aryl methyl sites for hydroxylation is 2. The Labute approximate surface area is 123 Å². The number of nitrogens with one attached hydrogen (secondary N) is 1. The van der Waals surface area contributed by atoms with Gasteiger partial charge in [-0.3, -0.25) is 4.68 Å². The molecule has 0 aliphatic heterocycles. The van der Waals surface area contributed by atoms with E-state index in [0.717, 1.165) is 47.6 Å². The average molecular weight is 294 g/mol. The molecule has 0 saturated heterocycles. The summed E-state index contributed by atoms with van der Waals surface area (Å²) in [5.74, 6) is 0. The van der Waals surface area contributed by atoms with Gasteiger partial charge < -0.3 is 14.3 Å². The third-order valence-corrected chi connectivity index (χ3v) is 4.77. The van der Waals surface area contributed by atoms with Gasteiger partial charge in [0.05, 0.1) is 5.69 Å². The Morgan fingerprint density at radius 2 is 2.20 bits per heavy atom. The van der Waals surface area contributed by atoms with Gasteiger partial charge >= 0.3 is 0 Å². The van der Waals surface area contributed by atoms with E-state index in [1.165, 1.54) is 12.8 Å². The van der Waals surface area contributed by atoms with Gasteiger partial charge in [-0.25, -0.2) is 0 Å². The molecule has 2 aromatic heterocycles. The number of ether oxygens (including phenoxy) is 1. The third-order valence-electron chi connectivity index (χ3n) is 4.44. The molecule has 2 heterocycles. The highest BCUT2D eigenvalue weighted by Crippen LogP contribution is 2.50. The number of H-pyrrole nitrogens is 1. The summed E-state index contributed by atoms with van der Waals surface area (Å²) < 4.78 is 10.2. The largest absolute Gasteiger partial charge is 0.385 e. The van der Waals surface area contributed by atoms with Crippen LogP contribution in [0.1, 0.15) is 31.9 Å². The van der Waals surface area contributed by atoms with Crippen LogP contribution in [0.25, 0.3) is 11.2 Å². The summed E-state index contributed by atoms with van der Waals surface area (Å²) in [4.78, 5) is 3.34. The first-order valence-corrected chi connectivity index (χ1v) is 7.64. The summed E-state index contributed by atoms with van der Waals surface area (Å²) in [7, 11) is 3.76. The van der Waals surface area contributed by atoms with Gasteiger partial charge in [-0.2, -0.15) is 5.10 Å². The van der Waals surface area contributed by atoms with Crippen molar-refractivity contribution in [1.82, 2.24) is 19.3 Å². The van der Waals surface area contributed by atoms with Gasteiger partial charge in [0, 0.05) is 27.3 Å². The monoisotopic (exact) mass is 294 g/mol. The second kappa shape index (κ2) is 5.00. The van der Waals surface area contributed by atoms with Crippen molar-refractivity contribution in [3.05, 3.63) is 10.5 Å². The molecule has 1 aliphatic rings. The molecule has 1 saturated carbocycles. The Kier molecular flexibility index (Phi) is 3.46. The van der Waals surface area contributed by atoms with Crippen molar-refractivity contribution in [3.63, 3.8) is 0 Å². The van der Waals surface area contributed by atoms with Crippen molar-refractivity contribution in [2.24, 2.45) is 12.5 Å². The lowest BCUT2D eigenvalue weighted by Crippen LogP contribution is -2.15. The van der Waals surface area contributed by atoms with E-state index in [4.69, 9.17) is 17.0 Å². The average Bonchev–Trinajstić information content (AvgIpc) is 3.03. The first-order chi connectivity index (χ1) is 9.60. The van der Waals surface area contributed by atoms with E-state index in [2.05, 4.69) is 21.6 Å². The topological polar surface area (TPSA) is 47.8 Å². The molecule has 5 nitrogen and oxygen atoms in total. The lowest BCUT2D eigenvalue weighted by atomic mass is 10.0. The van der Waals surface area contributed by atoms with Crippen molar-refractivity contribution in [3.8, 4) is 0 Å². The fourth-order valence-corrected chi connectivity index (χ4v) is 3.24. The van der Waals surface area contributed by atoms with Crippen LogP contribution in [-0.4, -0.2) is 33.0 Å².